The average Bonchev–Trinajstić information content (AvgIpc) is 2.11. The molecule has 3 N–H and O–H groups in total. The van der Waals surface area contributed by atoms with Crippen LogP contribution in [-0.4, -0.2) is 43.7 Å². The van der Waals surface area contributed by atoms with Crippen LogP contribution < -0.4 is 11.1 Å². The fraction of sp³-hybridized carbons (Fsp3) is 1.00. The van der Waals surface area contributed by atoms with Crippen molar-refractivity contribution in [2.24, 2.45) is 5.73 Å². The van der Waals surface area contributed by atoms with Crippen LogP contribution in [0.4, 0.5) is 0 Å². The molecule has 0 radical (unpaired) electrons. The molecule has 0 saturated heterocycles. The van der Waals surface area contributed by atoms with Crippen molar-refractivity contribution >= 4 is 0 Å². The normalized spacial score (nSPS) is 13.6. The van der Waals surface area contributed by atoms with Crippen molar-refractivity contribution in [3.63, 3.8) is 0 Å². The van der Waals surface area contributed by atoms with E-state index in [1.165, 1.54) is 0 Å². The first kappa shape index (κ1) is 12.9. The van der Waals surface area contributed by atoms with Gasteiger partial charge in [0, 0.05) is 19.1 Å². The van der Waals surface area contributed by atoms with E-state index in [9.17, 15) is 0 Å². The molecule has 80 valence electrons. The van der Waals surface area contributed by atoms with Crippen LogP contribution in [0.25, 0.3) is 0 Å². The number of nitrogens with one attached hydrogen (secondary N) is 1. The molecule has 0 spiro atoms. The Hall–Kier alpha value is -0.120. The van der Waals surface area contributed by atoms with E-state index in [2.05, 4.69) is 24.1 Å². The van der Waals surface area contributed by atoms with Crippen LogP contribution in [0.5, 0.6) is 0 Å². The maximum absolute atomic E-state index is 5.64. The molecular weight excluding hydrogens is 162 g/mol. The Kier molecular flexibility index (Phi) is 8.40. The summed E-state index contributed by atoms with van der Waals surface area (Å²) in [5, 5.41) is 3.39. The summed E-state index contributed by atoms with van der Waals surface area (Å²) in [6.45, 7) is 12.0. The van der Waals surface area contributed by atoms with Gasteiger partial charge in [-0.25, -0.2) is 0 Å². The number of likely N-dealkylation sites (N-methyl/N-ethyl adjacent to an activating group) is 1. The fourth-order valence-corrected chi connectivity index (χ4v) is 1.23. The van der Waals surface area contributed by atoms with Crippen LogP contribution >= 0.6 is 0 Å². The molecule has 13 heavy (non-hydrogen) atoms. The lowest BCUT2D eigenvalue weighted by Gasteiger charge is -2.18. The lowest BCUT2D eigenvalue weighted by Crippen LogP contribution is -2.33. The molecule has 1 unspecified atom stereocenters. The molecule has 0 aromatic heterocycles. The quantitative estimate of drug-likeness (QED) is 0.548. The second-order valence-electron chi connectivity index (χ2n) is 3.54. The average molecular weight is 187 g/mol. The Bertz CT molecular complexity index is 100. The summed E-state index contributed by atoms with van der Waals surface area (Å²) in [5.41, 5.74) is 5.64. The number of nitrogens with two attached hydrogens (primary N) is 1. The number of hydrogen-bond acceptors (Lipinski definition) is 3. The second kappa shape index (κ2) is 8.48. The SMILES string of the molecule is CCN(CC)CCNCCC(C)N. The van der Waals surface area contributed by atoms with E-state index in [0.717, 1.165) is 39.1 Å². The lowest BCUT2D eigenvalue weighted by molar-refractivity contribution is 0.302. The van der Waals surface area contributed by atoms with Crippen molar-refractivity contribution in [3.8, 4) is 0 Å². The van der Waals surface area contributed by atoms with Gasteiger partial charge in [-0.05, 0) is 33.0 Å². The van der Waals surface area contributed by atoms with Crippen molar-refractivity contribution in [1.82, 2.24) is 10.2 Å². The highest BCUT2D eigenvalue weighted by molar-refractivity contribution is 4.58. The number of nitrogens with zero attached hydrogens (tertiary/aromatic N) is 1. The molecule has 0 saturated carbocycles. The summed E-state index contributed by atoms with van der Waals surface area (Å²) in [7, 11) is 0. The molecule has 0 aliphatic rings. The van der Waals surface area contributed by atoms with Gasteiger partial charge in [0.15, 0.2) is 0 Å². The predicted octanol–water partition coefficient (Wildman–Crippen LogP) is 0.655. The zero-order valence-electron chi connectivity index (χ0n) is 9.34. The molecule has 0 amide bonds. The first-order valence-electron chi connectivity index (χ1n) is 5.39. The first-order valence-corrected chi connectivity index (χ1v) is 5.39. The van der Waals surface area contributed by atoms with Crippen LogP contribution in [-0.2, 0) is 0 Å². The molecule has 0 bridgehead atoms. The van der Waals surface area contributed by atoms with Gasteiger partial charge >= 0.3 is 0 Å². The van der Waals surface area contributed by atoms with Crippen LogP contribution in [0, 0.1) is 0 Å². The minimum Gasteiger partial charge on any atom is -0.328 e. The molecule has 3 nitrogen and oxygen atoms in total. The zero-order chi connectivity index (χ0) is 10.1. The third-order valence-electron chi connectivity index (χ3n) is 2.28. The predicted molar refractivity (Wildman–Crippen MR) is 58.9 cm³/mol. The Morgan fingerprint density at radius 1 is 1.23 bits per heavy atom. The van der Waals surface area contributed by atoms with E-state index in [0.29, 0.717) is 6.04 Å². The van der Waals surface area contributed by atoms with Crippen molar-refractivity contribution in [1.29, 1.82) is 0 Å². The Balaban J connectivity index is 3.14. The topological polar surface area (TPSA) is 41.3 Å². The molecule has 0 aromatic carbocycles. The second-order valence-corrected chi connectivity index (χ2v) is 3.54. The maximum atomic E-state index is 5.64. The third-order valence-corrected chi connectivity index (χ3v) is 2.28. The largest absolute Gasteiger partial charge is 0.328 e. The molecule has 0 rings (SSSR count). The van der Waals surface area contributed by atoms with E-state index in [4.69, 9.17) is 5.73 Å². The highest BCUT2D eigenvalue weighted by Crippen LogP contribution is 1.85. The molecule has 0 heterocycles. The molecule has 0 aromatic rings. The van der Waals surface area contributed by atoms with Crippen LogP contribution in [0.15, 0.2) is 0 Å². The summed E-state index contributed by atoms with van der Waals surface area (Å²) in [5.74, 6) is 0. The van der Waals surface area contributed by atoms with E-state index in [1.807, 2.05) is 6.92 Å². The van der Waals surface area contributed by atoms with Gasteiger partial charge in [0.05, 0.1) is 0 Å². The van der Waals surface area contributed by atoms with Gasteiger partial charge in [-0.2, -0.15) is 0 Å². The van der Waals surface area contributed by atoms with E-state index in [-0.39, 0.29) is 0 Å². The summed E-state index contributed by atoms with van der Waals surface area (Å²) >= 11 is 0. The molecule has 0 fully saturated rings. The summed E-state index contributed by atoms with van der Waals surface area (Å²) in [6, 6.07) is 0.320. The smallest absolute Gasteiger partial charge is 0.0107 e. The molecule has 1 atom stereocenters. The minimum atomic E-state index is 0.320. The zero-order valence-corrected chi connectivity index (χ0v) is 9.34. The van der Waals surface area contributed by atoms with Gasteiger partial charge in [0.2, 0.25) is 0 Å². The van der Waals surface area contributed by atoms with Crippen molar-refractivity contribution in [2.75, 3.05) is 32.7 Å². The molecule has 0 aliphatic heterocycles. The van der Waals surface area contributed by atoms with Crippen LogP contribution in [0.3, 0.4) is 0 Å². The Morgan fingerprint density at radius 2 is 1.85 bits per heavy atom. The highest BCUT2D eigenvalue weighted by Gasteiger charge is 1.97. The van der Waals surface area contributed by atoms with Crippen LogP contribution in [0.2, 0.25) is 0 Å². The Morgan fingerprint density at radius 3 is 2.31 bits per heavy atom. The van der Waals surface area contributed by atoms with Crippen LogP contribution in [0.1, 0.15) is 27.2 Å². The Labute approximate surface area is 82.7 Å². The minimum absolute atomic E-state index is 0.320. The number of rotatable bonds is 8. The third kappa shape index (κ3) is 8.22. The first-order chi connectivity index (χ1) is 6.20. The van der Waals surface area contributed by atoms with Gasteiger partial charge in [-0.3, -0.25) is 0 Å². The summed E-state index contributed by atoms with van der Waals surface area (Å²) in [6.07, 6.45) is 1.07. The van der Waals surface area contributed by atoms with Gasteiger partial charge in [-0.15, -0.1) is 0 Å². The van der Waals surface area contributed by atoms with Crippen molar-refractivity contribution < 1.29 is 0 Å². The van der Waals surface area contributed by atoms with E-state index >= 15 is 0 Å². The van der Waals surface area contributed by atoms with E-state index in [1.54, 1.807) is 0 Å². The maximum Gasteiger partial charge on any atom is 0.0107 e. The number of hydrogen-bond donors (Lipinski definition) is 2. The van der Waals surface area contributed by atoms with Gasteiger partial charge < -0.3 is 16.0 Å². The van der Waals surface area contributed by atoms with E-state index < -0.39 is 0 Å². The summed E-state index contributed by atoms with van der Waals surface area (Å²) < 4.78 is 0. The highest BCUT2D eigenvalue weighted by atomic mass is 15.1. The van der Waals surface area contributed by atoms with Gasteiger partial charge in [0.25, 0.3) is 0 Å². The molecule has 3 heteroatoms. The monoisotopic (exact) mass is 187 g/mol. The fourth-order valence-electron chi connectivity index (χ4n) is 1.23. The van der Waals surface area contributed by atoms with Gasteiger partial charge in [0.1, 0.15) is 0 Å². The standard InChI is InChI=1S/C10H25N3/c1-4-13(5-2)9-8-12-7-6-10(3)11/h10,12H,4-9,11H2,1-3H3. The van der Waals surface area contributed by atoms with Crippen molar-refractivity contribution in [2.45, 2.75) is 33.2 Å². The lowest BCUT2D eigenvalue weighted by atomic mass is 10.2. The summed E-state index contributed by atoms with van der Waals surface area (Å²) in [4.78, 5) is 2.42. The van der Waals surface area contributed by atoms with Crippen molar-refractivity contribution in [3.05, 3.63) is 0 Å². The molecule has 0 aliphatic carbocycles. The van der Waals surface area contributed by atoms with Gasteiger partial charge in [-0.1, -0.05) is 13.8 Å². The molecular formula is C10H25N3.